The summed E-state index contributed by atoms with van der Waals surface area (Å²) in [6, 6.07) is 17.7. The van der Waals surface area contributed by atoms with Gasteiger partial charge in [0.1, 0.15) is 29.8 Å². The molecule has 0 aliphatic carbocycles. The van der Waals surface area contributed by atoms with Crippen LogP contribution in [0.4, 0.5) is 0 Å². The minimum atomic E-state index is -0.736. The SMILES string of the molecule is C[C@H](O)c1nccn1[C@@H](C#Cc1ccc(-c2ccc(OC3CN(CCC#N)C3)cc2)cc1)CO. The van der Waals surface area contributed by atoms with Crippen LogP contribution in [0.3, 0.4) is 0 Å². The molecule has 7 nitrogen and oxygen atoms in total. The summed E-state index contributed by atoms with van der Waals surface area (Å²) < 4.78 is 7.70. The second kappa shape index (κ2) is 11.0. The van der Waals surface area contributed by atoms with Crippen LogP contribution in [-0.2, 0) is 0 Å². The van der Waals surface area contributed by atoms with Crippen LogP contribution in [0.25, 0.3) is 11.1 Å². The van der Waals surface area contributed by atoms with Crippen molar-refractivity contribution in [1.82, 2.24) is 14.5 Å². The van der Waals surface area contributed by atoms with E-state index in [0.29, 0.717) is 12.2 Å². The molecule has 0 saturated carbocycles. The maximum absolute atomic E-state index is 9.84. The molecule has 0 spiro atoms. The number of nitriles is 1. The second-order valence-corrected chi connectivity index (χ2v) is 8.35. The number of aliphatic hydroxyl groups excluding tert-OH is 2. The van der Waals surface area contributed by atoms with Gasteiger partial charge in [0, 0.05) is 44.0 Å². The molecule has 2 heterocycles. The van der Waals surface area contributed by atoms with Crippen LogP contribution >= 0.6 is 0 Å². The molecule has 1 saturated heterocycles. The topological polar surface area (TPSA) is 94.5 Å². The van der Waals surface area contributed by atoms with Crippen LogP contribution < -0.4 is 4.74 Å². The van der Waals surface area contributed by atoms with E-state index in [-0.39, 0.29) is 12.7 Å². The Morgan fingerprint density at radius 1 is 1.12 bits per heavy atom. The van der Waals surface area contributed by atoms with Crippen molar-refractivity contribution in [2.75, 3.05) is 26.2 Å². The number of ether oxygens (including phenoxy) is 1. The number of nitrogens with zero attached hydrogens (tertiary/aromatic N) is 4. The van der Waals surface area contributed by atoms with Gasteiger partial charge in [-0.05, 0) is 42.3 Å². The molecule has 1 aliphatic rings. The molecular weight excluding hydrogens is 428 g/mol. The predicted molar refractivity (Wildman–Crippen MR) is 129 cm³/mol. The van der Waals surface area contributed by atoms with Crippen molar-refractivity contribution in [2.24, 2.45) is 0 Å². The summed E-state index contributed by atoms with van der Waals surface area (Å²) in [4.78, 5) is 6.36. The quantitative estimate of drug-likeness (QED) is 0.506. The Morgan fingerprint density at radius 3 is 2.41 bits per heavy atom. The number of likely N-dealkylation sites (tertiary alicyclic amines) is 1. The number of aliphatic hydroxyl groups is 2. The highest BCUT2D eigenvalue weighted by Gasteiger charge is 2.27. The summed E-state index contributed by atoms with van der Waals surface area (Å²) in [5, 5.41) is 28.3. The van der Waals surface area contributed by atoms with Crippen LogP contribution in [0, 0.1) is 23.2 Å². The van der Waals surface area contributed by atoms with E-state index in [1.807, 2.05) is 48.5 Å². The zero-order valence-corrected chi connectivity index (χ0v) is 19.1. The van der Waals surface area contributed by atoms with Gasteiger partial charge in [-0.25, -0.2) is 4.98 Å². The van der Waals surface area contributed by atoms with Gasteiger partial charge in [0.2, 0.25) is 0 Å². The molecule has 0 radical (unpaired) electrons. The molecule has 1 aromatic heterocycles. The number of imidazole rings is 1. The summed E-state index contributed by atoms with van der Waals surface area (Å²) in [7, 11) is 0. The lowest BCUT2D eigenvalue weighted by molar-refractivity contribution is 0.0216. The molecule has 1 aliphatic heterocycles. The van der Waals surface area contributed by atoms with Crippen molar-refractivity contribution in [3.05, 3.63) is 72.3 Å². The molecule has 2 atom stereocenters. The summed E-state index contributed by atoms with van der Waals surface area (Å²) in [5.41, 5.74) is 3.00. The first-order valence-electron chi connectivity index (χ1n) is 11.4. The molecule has 0 amide bonds. The molecule has 3 aromatic rings. The number of rotatable bonds is 8. The lowest BCUT2D eigenvalue weighted by atomic mass is 10.0. The summed E-state index contributed by atoms with van der Waals surface area (Å²) in [6.07, 6.45) is 3.31. The Morgan fingerprint density at radius 2 is 1.79 bits per heavy atom. The van der Waals surface area contributed by atoms with E-state index in [9.17, 15) is 10.2 Å². The maximum atomic E-state index is 9.84. The van der Waals surface area contributed by atoms with E-state index < -0.39 is 12.1 Å². The summed E-state index contributed by atoms with van der Waals surface area (Å²) in [5.74, 6) is 7.50. The number of hydrogen-bond donors (Lipinski definition) is 2. The van der Waals surface area contributed by atoms with Crippen molar-refractivity contribution in [1.29, 1.82) is 5.26 Å². The highest BCUT2D eigenvalue weighted by molar-refractivity contribution is 5.65. The van der Waals surface area contributed by atoms with Crippen LogP contribution in [0.2, 0.25) is 0 Å². The third-order valence-corrected chi connectivity index (χ3v) is 5.80. The van der Waals surface area contributed by atoms with E-state index in [4.69, 9.17) is 10.00 Å². The number of aromatic nitrogens is 2. The average Bonchev–Trinajstić information content (AvgIpc) is 3.32. The van der Waals surface area contributed by atoms with Crippen molar-refractivity contribution in [2.45, 2.75) is 31.6 Å². The highest BCUT2D eigenvalue weighted by Crippen LogP contribution is 2.25. The molecule has 4 rings (SSSR count). The van der Waals surface area contributed by atoms with Gasteiger partial charge in [0.15, 0.2) is 0 Å². The third kappa shape index (κ3) is 5.65. The second-order valence-electron chi connectivity index (χ2n) is 8.35. The molecule has 2 aromatic carbocycles. The zero-order chi connectivity index (χ0) is 23.9. The molecule has 1 fully saturated rings. The third-order valence-electron chi connectivity index (χ3n) is 5.80. The van der Waals surface area contributed by atoms with Gasteiger partial charge in [0.25, 0.3) is 0 Å². The summed E-state index contributed by atoms with van der Waals surface area (Å²) in [6.45, 7) is 4.00. The van der Waals surface area contributed by atoms with Crippen LogP contribution in [0.5, 0.6) is 5.75 Å². The fourth-order valence-corrected chi connectivity index (χ4v) is 3.93. The predicted octanol–water partition coefficient (Wildman–Crippen LogP) is 3.17. The Bertz CT molecular complexity index is 1180. The Kier molecular flexibility index (Phi) is 7.61. The lowest BCUT2D eigenvalue weighted by Gasteiger charge is -2.38. The Balaban J connectivity index is 1.36. The zero-order valence-electron chi connectivity index (χ0n) is 19.1. The minimum Gasteiger partial charge on any atom is -0.488 e. The maximum Gasteiger partial charge on any atom is 0.138 e. The van der Waals surface area contributed by atoms with E-state index >= 15 is 0 Å². The monoisotopic (exact) mass is 456 g/mol. The smallest absolute Gasteiger partial charge is 0.138 e. The van der Waals surface area contributed by atoms with E-state index in [2.05, 4.69) is 27.8 Å². The van der Waals surface area contributed by atoms with Gasteiger partial charge < -0.3 is 19.5 Å². The van der Waals surface area contributed by atoms with Gasteiger partial charge in [0.05, 0.1) is 12.7 Å². The van der Waals surface area contributed by atoms with Gasteiger partial charge in [-0.15, -0.1) is 0 Å². The first-order valence-corrected chi connectivity index (χ1v) is 11.4. The minimum absolute atomic E-state index is 0.172. The Hall–Kier alpha value is -3.62. The van der Waals surface area contributed by atoms with Crippen molar-refractivity contribution in [3.63, 3.8) is 0 Å². The summed E-state index contributed by atoms with van der Waals surface area (Å²) >= 11 is 0. The molecular formula is C27H28N4O3. The van der Waals surface area contributed by atoms with E-state index in [1.54, 1.807) is 23.9 Å². The first-order chi connectivity index (χ1) is 16.6. The van der Waals surface area contributed by atoms with Gasteiger partial charge >= 0.3 is 0 Å². The first kappa shape index (κ1) is 23.5. The van der Waals surface area contributed by atoms with Crippen molar-refractivity contribution in [3.8, 4) is 34.8 Å². The fourth-order valence-electron chi connectivity index (χ4n) is 3.93. The fraction of sp³-hybridized carbons (Fsp3) is 0.333. The molecule has 0 unspecified atom stereocenters. The standard InChI is InChI=1S/C27H28N4O3/c1-20(33)27-29-14-16-31(27)24(19-32)10-5-21-3-6-22(7-4-21)23-8-11-25(12-9-23)34-26-17-30(18-26)15-2-13-28/h3-4,6-9,11-12,14,16,20,24,26,32-33H,2,15,17-19H2,1H3/t20-,24-/m0/s1. The number of hydrogen-bond acceptors (Lipinski definition) is 6. The molecule has 7 heteroatoms. The molecule has 174 valence electrons. The van der Waals surface area contributed by atoms with Crippen molar-refractivity contribution < 1.29 is 14.9 Å². The molecule has 34 heavy (non-hydrogen) atoms. The molecule has 2 N–H and O–H groups in total. The molecule has 0 bridgehead atoms. The van der Waals surface area contributed by atoms with Gasteiger partial charge in [-0.2, -0.15) is 5.26 Å². The van der Waals surface area contributed by atoms with Gasteiger partial charge in [-0.3, -0.25) is 4.90 Å². The van der Waals surface area contributed by atoms with Crippen LogP contribution in [0.1, 0.15) is 36.9 Å². The van der Waals surface area contributed by atoms with E-state index in [0.717, 1.165) is 42.1 Å². The normalized spacial score (nSPS) is 15.5. The number of benzene rings is 2. The average molecular weight is 457 g/mol. The highest BCUT2D eigenvalue weighted by atomic mass is 16.5. The van der Waals surface area contributed by atoms with Crippen LogP contribution in [0.15, 0.2) is 60.9 Å². The van der Waals surface area contributed by atoms with Crippen molar-refractivity contribution >= 4 is 0 Å². The Labute approximate surface area is 199 Å². The van der Waals surface area contributed by atoms with E-state index in [1.165, 1.54) is 0 Å². The van der Waals surface area contributed by atoms with Gasteiger partial charge in [-0.1, -0.05) is 36.1 Å². The lowest BCUT2D eigenvalue weighted by Crippen LogP contribution is -2.53. The van der Waals surface area contributed by atoms with Crippen LogP contribution in [-0.4, -0.2) is 57.0 Å². The largest absolute Gasteiger partial charge is 0.488 e.